The molecule has 2 N–H and O–H groups in total. The third kappa shape index (κ3) is 5.97. The van der Waals surface area contributed by atoms with Gasteiger partial charge >= 0.3 is 0 Å². The third-order valence-corrected chi connectivity index (χ3v) is 5.83. The summed E-state index contributed by atoms with van der Waals surface area (Å²) in [5, 5.41) is 6.65. The van der Waals surface area contributed by atoms with E-state index >= 15 is 0 Å². The largest absolute Gasteiger partial charge is 0.350 e. The van der Waals surface area contributed by atoms with Gasteiger partial charge in [0.15, 0.2) is 0 Å². The first-order valence-electron chi connectivity index (χ1n) is 10.2. The van der Waals surface area contributed by atoms with Crippen molar-refractivity contribution < 1.29 is 9.59 Å². The third-order valence-electron chi connectivity index (χ3n) is 5.28. The molecule has 0 saturated carbocycles. The fraction of sp³-hybridized carbons (Fsp3) is 0.391. The molecule has 2 aromatic rings. The minimum Gasteiger partial charge on any atom is -0.350 e. The van der Waals surface area contributed by atoms with Gasteiger partial charge < -0.3 is 10.6 Å². The Kier molecular flexibility index (Phi) is 7.75. The van der Waals surface area contributed by atoms with Crippen LogP contribution in [-0.2, 0) is 11.3 Å². The van der Waals surface area contributed by atoms with Gasteiger partial charge in [0, 0.05) is 30.7 Å². The molecule has 0 spiro atoms. The molecule has 7 heteroatoms. The maximum Gasteiger partial charge on any atom is 0.253 e. The van der Waals surface area contributed by atoms with Crippen LogP contribution in [0.5, 0.6) is 0 Å². The van der Waals surface area contributed by atoms with E-state index in [9.17, 15) is 9.59 Å². The van der Waals surface area contributed by atoms with E-state index in [1.54, 1.807) is 12.1 Å². The van der Waals surface area contributed by atoms with Crippen molar-refractivity contribution in [3.05, 3.63) is 69.7 Å². The lowest BCUT2D eigenvalue weighted by Crippen LogP contribution is -2.52. The summed E-state index contributed by atoms with van der Waals surface area (Å²) in [7, 11) is 0. The average Bonchev–Trinajstić information content (AvgIpc) is 3.13. The smallest absolute Gasteiger partial charge is 0.253 e. The highest BCUT2D eigenvalue weighted by molar-refractivity contribution is 6.36. The number of carbonyl (C=O) groups is 2. The van der Waals surface area contributed by atoms with E-state index in [-0.39, 0.29) is 28.8 Å². The Hall–Kier alpha value is -2.08. The molecular formula is C23H27Cl2N3O2. The zero-order valence-corrected chi connectivity index (χ0v) is 18.7. The number of nitrogens with zero attached hydrogens (tertiary/aromatic N) is 1. The molecule has 1 heterocycles. The molecule has 0 aromatic heterocycles. The van der Waals surface area contributed by atoms with Crippen LogP contribution < -0.4 is 10.6 Å². The number of hydrogen-bond acceptors (Lipinski definition) is 3. The van der Waals surface area contributed by atoms with Gasteiger partial charge in [-0.05, 0) is 36.1 Å². The lowest BCUT2D eigenvalue weighted by Gasteiger charge is -2.24. The molecule has 160 valence electrons. The highest BCUT2D eigenvalue weighted by Gasteiger charge is 2.30. The van der Waals surface area contributed by atoms with Gasteiger partial charge in [0.1, 0.15) is 6.04 Å². The van der Waals surface area contributed by atoms with E-state index in [1.807, 2.05) is 32.0 Å². The number of hydrogen-bond donors (Lipinski definition) is 2. The molecular weight excluding hydrogens is 421 g/mol. The molecule has 0 aliphatic carbocycles. The quantitative estimate of drug-likeness (QED) is 0.670. The van der Waals surface area contributed by atoms with Crippen molar-refractivity contribution >= 4 is 35.0 Å². The summed E-state index contributed by atoms with van der Waals surface area (Å²) in [6.45, 7) is 6.41. The van der Waals surface area contributed by atoms with Crippen molar-refractivity contribution in [3.8, 4) is 0 Å². The second-order valence-electron chi connectivity index (χ2n) is 8.03. The minimum atomic E-state index is -0.646. The van der Waals surface area contributed by atoms with Gasteiger partial charge in [0.25, 0.3) is 5.91 Å². The lowest BCUT2D eigenvalue weighted by atomic mass is 10.0. The molecule has 2 atom stereocenters. The van der Waals surface area contributed by atoms with E-state index < -0.39 is 6.04 Å². The van der Waals surface area contributed by atoms with Crippen LogP contribution in [0.1, 0.15) is 36.2 Å². The highest BCUT2D eigenvalue weighted by atomic mass is 35.5. The van der Waals surface area contributed by atoms with E-state index in [2.05, 4.69) is 27.7 Å². The Morgan fingerprint density at radius 1 is 1.13 bits per heavy atom. The second kappa shape index (κ2) is 10.3. The zero-order valence-electron chi connectivity index (χ0n) is 17.2. The Balaban J connectivity index is 1.57. The first-order chi connectivity index (χ1) is 14.3. The molecule has 0 radical (unpaired) electrons. The molecule has 3 rings (SSSR count). The Bertz CT molecular complexity index is 889. The van der Waals surface area contributed by atoms with Crippen LogP contribution in [0.15, 0.2) is 48.5 Å². The minimum absolute atomic E-state index is 0.0677. The molecule has 1 saturated heterocycles. The highest BCUT2D eigenvalue weighted by Crippen LogP contribution is 2.21. The summed E-state index contributed by atoms with van der Waals surface area (Å²) in [5.74, 6) is -0.625. The van der Waals surface area contributed by atoms with Crippen LogP contribution in [0.25, 0.3) is 0 Å². The molecule has 2 amide bonds. The van der Waals surface area contributed by atoms with Gasteiger partial charge in [0.2, 0.25) is 5.91 Å². The first-order valence-corrected chi connectivity index (χ1v) is 10.9. The van der Waals surface area contributed by atoms with E-state index in [1.165, 1.54) is 11.6 Å². The van der Waals surface area contributed by atoms with Crippen molar-refractivity contribution in [1.82, 2.24) is 15.5 Å². The van der Waals surface area contributed by atoms with Crippen molar-refractivity contribution in [1.29, 1.82) is 0 Å². The van der Waals surface area contributed by atoms with Crippen LogP contribution in [0, 0.1) is 5.92 Å². The molecule has 2 aromatic carbocycles. The van der Waals surface area contributed by atoms with Gasteiger partial charge in [-0.1, -0.05) is 67.4 Å². The van der Waals surface area contributed by atoms with Gasteiger partial charge in [-0.2, -0.15) is 0 Å². The van der Waals surface area contributed by atoms with Crippen LogP contribution in [0.4, 0.5) is 0 Å². The van der Waals surface area contributed by atoms with Crippen molar-refractivity contribution in [2.45, 2.75) is 38.9 Å². The van der Waals surface area contributed by atoms with Gasteiger partial charge in [0.05, 0.1) is 10.6 Å². The van der Waals surface area contributed by atoms with E-state index in [4.69, 9.17) is 23.2 Å². The molecule has 5 nitrogen and oxygen atoms in total. The number of halogens is 2. The average molecular weight is 448 g/mol. The molecule has 0 bridgehead atoms. The van der Waals surface area contributed by atoms with Crippen molar-refractivity contribution in [2.24, 2.45) is 5.92 Å². The second-order valence-corrected chi connectivity index (χ2v) is 8.88. The Labute approximate surface area is 187 Å². The van der Waals surface area contributed by atoms with E-state index in [0.717, 1.165) is 26.1 Å². The molecule has 0 unspecified atom stereocenters. The van der Waals surface area contributed by atoms with Gasteiger partial charge in [-0.15, -0.1) is 0 Å². The fourth-order valence-corrected chi connectivity index (χ4v) is 4.15. The molecule has 1 aliphatic rings. The fourth-order valence-electron chi connectivity index (χ4n) is 3.65. The van der Waals surface area contributed by atoms with Crippen molar-refractivity contribution in [3.63, 3.8) is 0 Å². The van der Waals surface area contributed by atoms with Crippen LogP contribution in [-0.4, -0.2) is 41.9 Å². The number of nitrogens with one attached hydrogen (secondary N) is 2. The Morgan fingerprint density at radius 3 is 2.53 bits per heavy atom. The standard InChI is InChI=1S/C23H27Cl2N3O2/c1-15(2)21(27-22(29)19-9-8-17(24)12-20(19)25)23(30)26-18-10-11-28(14-18)13-16-6-4-3-5-7-16/h3-9,12,15,18,21H,10-11,13-14H2,1-2H3,(H,26,30)(H,27,29)/t18-,21+/m1/s1. The monoisotopic (exact) mass is 447 g/mol. The van der Waals surface area contributed by atoms with Crippen LogP contribution >= 0.6 is 23.2 Å². The molecule has 1 fully saturated rings. The summed E-state index contributed by atoms with van der Waals surface area (Å²) in [6.07, 6.45) is 0.889. The summed E-state index contributed by atoms with van der Waals surface area (Å²) >= 11 is 12.0. The maximum atomic E-state index is 12.9. The number of benzene rings is 2. The summed E-state index contributed by atoms with van der Waals surface area (Å²) in [5.41, 5.74) is 1.56. The van der Waals surface area contributed by atoms with Gasteiger partial charge in [-0.3, -0.25) is 14.5 Å². The van der Waals surface area contributed by atoms with Gasteiger partial charge in [-0.25, -0.2) is 0 Å². The number of carbonyl (C=O) groups excluding carboxylic acids is 2. The predicted octanol–water partition coefficient (Wildman–Crippen LogP) is 4.14. The molecule has 1 aliphatic heterocycles. The van der Waals surface area contributed by atoms with Crippen LogP contribution in [0.3, 0.4) is 0 Å². The number of rotatable bonds is 7. The summed E-state index contributed by atoms with van der Waals surface area (Å²) in [4.78, 5) is 27.9. The number of amides is 2. The van der Waals surface area contributed by atoms with Crippen LogP contribution in [0.2, 0.25) is 10.0 Å². The normalized spacial score (nSPS) is 17.7. The number of likely N-dealkylation sites (tertiary alicyclic amines) is 1. The topological polar surface area (TPSA) is 61.4 Å². The summed E-state index contributed by atoms with van der Waals surface area (Å²) in [6, 6.07) is 14.4. The zero-order chi connectivity index (χ0) is 21.7. The maximum absolute atomic E-state index is 12.9. The lowest BCUT2D eigenvalue weighted by molar-refractivity contribution is -0.124. The Morgan fingerprint density at radius 2 is 1.87 bits per heavy atom. The molecule has 30 heavy (non-hydrogen) atoms. The SMILES string of the molecule is CC(C)[C@H](NC(=O)c1ccc(Cl)cc1Cl)C(=O)N[C@@H]1CCN(Cc2ccccc2)C1. The van der Waals surface area contributed by atoms with E-state index in [0.29, 0.717) is 10.6 Å². The predicted molar refractivity (Wildman–Crippen MR) is 121 cm³/mol. The van der Waals surface area contributed by atoms with Crippen molar-refractivity contribution in [2.75, 3.05) is 13.1 Å². The summed E-state index contributed by atoms with van der Waals surface area (Å²) < 4.78 is 0. The first kappa shape index (κ1) is 22.6.